The van der Waals surface area contributed by atoms with Crippen molar-refractivity contribution in [1.29, 1.82) is 0 Å². The van der Waals surface area contributed by atoms with Gasteiger partial charge >= 0.3 is 0 Å². The Labute approximate surface area is 578 Å². The number of hydrogen-bond acceptors (Lipinski definition) is 12. The highest BCUT2D eigenvalue weighted by atomic mass is 35.5. The summed E-state index contributed by atoms with van der Waals surface area (Å²) in [5.41, 5.74) is 6.93. The third-order valence-corrected chi connectivity index (χ3v) is 20.2. The molecule has 0 aliphatic carbocycles. The fraction of sp³-hybridized carbons (Fsp3) is 0.420. The van der Waals surface area contributed by atoms with E-state index in [4.69, 9.17) is 34.4 Å². The first-order chi connectivity index (χ1) is 43.0. The maximum atomic E-state index is 13.5. The van der Waals surface area contributed by atoms with Gasteiger partial charge in [0.2, 0.25) is 0 Å². The van der Waals surface area contributed by atoms with Crippen LogP contribution in [0.2, 0.25) is 5.02 Å². The van der Waals surface area contributed by atoms with Gasteiger partial charge in [0.15, 0.2) is 0 Å². The molecule has 7 rings (SSSR count). The Balaban J connectivity index is 0.000000397. The van der Waals surface area contributed by atoms with Crippen molar-refractivity contribution in [2.45, 2.75) is 221 Å². The Kier molecular flexibility index (Phi) is 28.4. The predicted octanol–water partition coefficient (Wildman–Crippen LogP) is 17.5. The Morgan fingerprint density at radius 2 is 0.691 bits per heavy atom. The summed E-state index contributed by atoms with van der Waals surface area (Å²) in [7, 11) is -25.7. The van der Waals surface area contributed by atoms with Crippen molar-refractivity contribution in [3.8, 4) is 0 Å². The van der Waals surface area contributed by atoms with Crippen molar-refractivity contribution in [3.05, 3.63) is 187 Å². The van der Waals surface area contributed by atoms with Crippen LogP contribution in [0.4, 0.5) is 13.2 Å². The van der Waals surface area contributed by atoms with E-state index in [0.717, 1.165) is 68.1 Å². The van der Waals surface area contributed by atoms with Crippen LogP contribution in [-0.2, 0) is 93.2 Å². The van der Waals surface area contributed by atoms with Gasteiger partial charge in [0.05, 0.1) is 14.7 Å². The number of rotatable bonds is 7. The second kappa shape index (κ2) is 31.5. The molecule has 0 aromatic heterocycles. The van der Waals surface area contributed by atoms with Crippen molar-refractivity contribution in [2.24, 2.45) is 0 Å². The summed E-state index contributed by atoms with van der Waals surface area (Å²) in [6.07, 6.45) is -2.95. The summed E-state index contributed by atoms with van der Waals surface area (Å²) in [5.74, 6) is -0.918. The zero-order chi connectivity index (χ0) is 76.1. The Bertz CT molecular complexity index is 4610. The molecule has 0 fully saturated rings. The van der Waals surface area contributed by atoms with E-state index in [9.17, 15) is 68.2 Å². The monoisotopic (exact) mass is 1490 g/mol. The minimum Gasteiger partial charge on any atom is -0.282 e. The van der Waals surface area contributed by atoms with E-state index in [1.54, 1.807) is 44.2 Å². The number of aryl methyl sites for hydroxylation is 4. The van der Waals surface area contributed by atoms with Gasteiger partial charge in [-0.2, -0.15) is 50.5 Å². The highest BCUT2D eigenvalue weighted by molar-refractivity contribution is 7.87. The van der Waals surface area contributed by atoms with Crippen LogP contribution in [0.5, 0.6) is 0 Å². The van der Waals surface area contributed by atoms with Crippen LogP contribution in [0.15, 0.2) is 145 Å². The molecule has 0 spiro atoms. The molecular formula is C69H92ClF3O18S6. The summed E-state index contributed by atoms with van der Waals surface area (Å²) in [6, 6.07) is 28.4. The van der Waals surface area contributed by atoms with Crippen LogP contribution in [0.1, 0.15) is 192 Å². The summed E-state index contributed by atoms with van der Waals surface area (Å²) >= 11 is 6.05. The van der Waals surface area contributed by atoms with Gasteiger partial charge in [-0.15, -0.1) is 0 Å². The molecule has 0 bridgehead atoms. The standard InChI is InChI=1S/C14H16O3S.C11H15ClO3S.C11H14F2O3S.C11H15FO3S.2C11H16O3S/c1-14(2,3)12-8-9-13(18(15,16)17)11-7-5-4-6-10(11)12;1-7-5-8(16(13,14)15)6-9(12)10(7)11(2,3)4;1-11(2,3)7-4-5-9(17(14,15)16)8(6-7)10(12)13;1-7-5-10(16(13,14)15)9(12)6-8(7)11(2,3)4;2*1-8-7-9(15(12,13)14)5-6-10(8)11(2,3)4/h4-9H,1-3H3,(H,15,16,17);5-6H,1-4H3,(H,13,14,15);4-6,10H,1-3H3,(H,14,15,16);5-6H,1-4H3,(H,13,14,15);2*5-7H,1-4H3,(H,12,13,14). The van der Waals surface area contributed by atoms with E-state index in [1.807, 2.05) is 88.3 Å². The molecule has 0 atom stereocenters. The molecular weight excluding hydrogens is 1400 g/mol. The average Bonchev–Trinajstić information content (AvgIpc) is 0.803. The zero-order valence-corrected chi connectivity index (χ0v) is 64.2. The minimum atomic E-state index is -4.62. The lowest BCUT2D eigenvalue weighted by Crippen LogP contribution is -2.15. The van der Waals surface area contributed by atoms with Gasteiger partial charge in [-0.1, -0.05) is 185 Å². The van der Waals surface area contributed by atoms with Gasteiger partial charge in [-0.3, -0.25) is 27.3 Å². The fourth-order valence-corrected chi connectivity index (χ4v) is 14.7. The summed E-state index contributed by atoms with van der Waals surface area (Å²) in [5, 5.41) is 1.78. The topological polar surface area (TPSA) is 326 Å². The van der Waals surface area contributed by atoms with Crippen molar-refractivity contribution in [3.63, 3.8) is 0 Å². The van der Waals surface area contributed by atoms with Crippen molar-refractivity contribution in [1.82, 2.24) is 0 Å². The Morgan fingerprint density at radius 3 is 1.01 bits per heavy atom. The van der Waals surface area contributed by atoms with Crippen LogP contribution in [0.25, 0.3) is 10.8 Å². The van der Waals surface area contributed by atoms with Crippen molar-refractivity contribution in [2.75, 3.05) is 0 Å². The molecule has 97 heavy (non-hydrogen) atoms. The highest BCUT2D eigenvalue weighted by Crippen LogP contribution is 2.37. The SMILES string of the molecule is CC(C)(C)c1ccc(S(=O)(=O)O)c(C(F)F)c1.CC(C)(C)c1ccc(S(=O)(=O)O)c2ccccc12.Cc1cc(S(=O)(=O)O)c(F)cc1C(C)(C)C.Cc1cc(S(=O)(=O)O)cc(Cl)c1C(C)(C)C.Cc1cc(S(=O)(=O)O)ccc1C(C)(C)C.Cc1cc(S(=O)(=O)O)ccc1C(C)(C)C. The molecule has 7 aromatic rings. The summed E-state index contributed by atoms with van der Waals surface area (Å²) in [4.78, 5) is -1.70. The van der Waals surface area contributed by atoms with Crippen LogP contribution in [0.3, 0.4) is 0 Å². The van der Waals surface area contributed by atoms with Crippen molar-refractivity contribution >= 4 is 83.1 Å². The van der Waals surface area contributed by atoms with Gasteiger partial charge in [-0.25, -0.2) is 13.2 Å². The molecule has 18 nitrogen and oxygen atoms in total. The predicted molar refractivity (Wildman–Crippen MR) is 376 cm³/mol. The van der Waals surface area contributed by atoms with Gasteiger partial charge in [0.25, 0.3) is 67.1 Å². The Hall–Kier alpha value is -5.66. The lowest BCUT2D eigenvalue weighted by Gasteiger charge is -2.23. The highest BCUT2D eigenvalue weighted by Gasteiger charge is 2.28. The van der Waals surface area contributed by atoms with E-state index in [-0.39, 0.29) is 52.1 Å². The first kappa shape index (κ1) is 87.4. The molecule has 0 heterocycles. The van der Waals surface area contributed by atoms with Crippen LogP contribution >= 0.6 is 11.6 Å². The molecule has 540 valence electrons. The minimum absolute atomic E-state index is 0.0260. The van der Waals surface area contributed by atoms with Gasteiger partial charge < -0.3 is 0 Å². The molecule has 0 aliphatic rings. The number of benzene rings is 7. The molecule has 6 N–H and O–H groups in total. The summed E-state index contributed by atoms with van der Waals surface area (Å²) < 4.78 is 225. The lowest BCUT2D eigenvalue weighted by molar-refractivity contribution is 0.147. The third kappa shape index (κ3) is 25.8. The average molecular weight is 1490 g/mol. The third-order valence-electron chi connectivity index (χ3n) is 14.6. The number of alkyl halides is 2. The molecule has 0 unspecified atom stereocenters. The number of fused-ring (bicyclic) bond motifs is 1. The number of halogens is 4. The fourth-order valence-electron chi connectivity index (χ4n) is 10.3. The molecule has 7 aromatic carbocycles. The van der Waals surface area contributed by atoms with E-state index >= 15 is 0 Å². The Morgan fingerprint density at radius 1 is 0.340 bits per heavy atom. The second-order valence-corrected chi connectivity index (χ2v) is 38.1. The first-order valence-electron chi connectivity index (χ1n) is 29.7. The van der Waals surface area contributed by atoms with Gasteiger partial charge in [-0.05, 0) is 188 Å². The summed E-state index contributed by atoms with van der Waals surface area (Å²) in [6.45, 7) is 42.9. The maximum Gasteiger partial charge on any atom is 0.297 e. The molecule has 0 radical (unpaired) electrons. The second-order valence-electron chi connectivity index (χ2n) is 29.2. The van der Waals surface area contributed by atoms with Gasteiger partial charge in [0.1, 0.15) is 20.5 Å². The molecule has 0 amide bonds. The maximum absolute atomic E-state index is 13.5. The molecule has 0 saturated heterocycles. The van der Waals surface area contributed by atoms with Gasteiger partial charge in [0, 0.05) is 16.0 Å². The molecule has 0 saturated carbocycles. The molecule has 0 aliphatic heterocycles. The largest absolute Gasteiger partial charge is 0.297 e. The normalized spacial score (nSPS) is 12.9. The van der Waals surface area contributed by atoms with E-state index in [2.05, 4.69) is 62.3 Å². The first-order valence-corrected chi connectivity index (χ1v) is 38.7. The molecule has 28 heteroatoms. The van der Waals surface area contributed by atoms with Crippen LogP contribution in [0, 0.1) is 33.5 Å². The van der Waals surface area contributed by atoms with E-state index in [0.29, 0.717) is 21.5 Å². The zero-order valence-electron chi connectivity index (χ0n) is 58.6. The number of hydrogen-bond donors (Lipinski definition) is 6. The van der Waals surface area contributed by atoms with Crippen molar-refractivity contribution < 1.29 is 91.0 Å². The van der Waals surface area contributed by atoms with E-state index < -0.39 is 88.3 Å². The van der Waals surface area contributed by atoms with Crippen LogP contribution in [-0.4, -0.2) is 77.8 Å². The van der Waals surface area contributed by atoms with Crippen LogP contribution < -0.4 is 0 Å². The smallest absolute Gasteiger partial charge is 0.282 e. The quantitative estimate of drug-likeness (QED) is 0.0808. The lowest BCUT2D eigenvalue weighted by atomic mass is 9.84. The van der Waals surface area contributed by atoms with E-state index in [1.165, 1.54) is 54.6 Å².